The summed E-state index contributed by atoms with van der Waals surface area (Å²) >= 11 is 0. The summed E-state index contributed by atoms with van der Waals surface area (Å²) in [5.41, 5.74) is 2.74. The highest BCUT2D eigenvalue weighted by molar-refractivity contribution is 5.97. The van der Waals surface area contributed by atoms with Crippen molar-refractivity contribution in [1.82, 2.24) is 10.2 Å². The Balaban J connectivity index is 1.29. The number of piperidine rings is 1. The Labute approximate surface area is 210 Å². The smallest absolute Gasteiger partial charge is 0.326 e. The van der Waals surface area contributed by atoms with Crippen molar-refractivity contribution in [3.05, 3.63) is 59.7 Å². The summed E-state index contributed by atoms with van der Waals surface area (Å²) in [6, 6.07) is 13.9. The van der Waals surface area contributed by atoms with E-state index in [1.807, 2.05) is 28.0 Å². The van der Waals surface area contributed by atoms with Crippen LogP contribution in [0.5, 0.6) is 5.75 Å². The molecule has 9 heteroatoms. The summed E-state index contributed by atoms with van der Waals surface area (Å²) in [6.45, 7) is 2.53. The summed E-state index contributed by atoms with van der Waals surface area (Å²) in [5.74, 6) is -0.934. The van der Waals surface area contributed by atoms with E-state index >= 15 is 0 Å². The Kier molecular flexibility index (Phi) is 7.87. The molecule has 2 aliphatic heterocycles. The maximum Gasteiger partial charge on any atom is 0.326 e. The van der Waals surface area contributed by atoms with E-state index in [2.05, 4.69) is 11.4 Å². The first kappa shape index (κ1) is 25.2. The molecule has 1 saturated heterocycles. The second kappa shape index (κ2) is 11.2. The highest BCUT2D eigenvalue weighted by atomic mass is 16.5. The van der Waals surface area contributed by atoms with Gasteiger partial charge in [-0.3, -0.25) is 14.4 Å². The lowest BCUT2D eigenvalue weighted by Crippen LogP contribution is -2.50. The molecule has 0 spiro atoms. The van der Waals surface area contributed by atoms with Crippen LogP contribution in [0.2, 0.25) is 0 Å². The molecular weight excluding hydrogens is 462 g/mol. The fraction of sp³-hybridized carbons (Fsp3) is 0.407. The van der Waals surface area contributed by atoms with Gasteiger partial charge in [-0.2, -0.15) is 0 Å². The number of ether oxygens (including phenoxy) is 1. The molecule has 2 aromatic rings. The van der Waals surface area contributed by atoms with E-state index in [-0.39, 0.29) is 30.9 Å². The Morgan fingerprint density at radius 3 is 2.42 bits per heavy atom. The average molecular weight is 494 g/mol. The number of carbonyl (C=O) groups is 4. The molecule has 3 amide bonds. The molecule has 2 N–H and O–H groups in total. The lowest BCUT2D eigenvalue weighted by molar-refractivity contribution is -0.141. The van der Waals surface area contributed by atoms with Crippen molar-refractivity contribution < 1.29 is 29.0 Å². The number of anilines is 1. The molecular formula is C27H31N3O6. The predicted octanol–water partition coefficient (Wildman–Crippen LogP) is 2.63. The number of likely N-dealkylation sites (tertiary alicyclic amines) is 1. The number of benzene rings is 2. The van der Waals surface area contributed by atoms with E-state index < -0.39 is 17.9 Å². The summed E-state index contributed by atoms with van der Waals surface area (Å²) in [6.07, 6.45) is 2.87. The number of nitrogens with zero attached hydrogens (tertiary/aromatic N) is 2. The number of rotatable bonds is 8. The monoisotopic (exact) mass is 493 g/mol. The van der Waals surface area contributed by atoms with Crippen molar-refractivity contribution in [2.45, 2.75) is 51.1 Å². The molecule has 2 aromatic carbocycles. The molecule has 1 unspecified atom stereocenters. The second-order valence-corrected chi connectivity index (χ2v) is 9.17. The Morgan fingerprint density at radius 1 is 1.06 bits per heavy atom. The second-order valence-electron chi connectivity index (χ2n) is 9.17. The van der Waals surface area contributed by atoms with Gasteiger partial charge < -0.3 is 25.0 Å². The summed E-state index contributed by atoms with van der Waals surface area (Å²) in [7, 11) is 0. The van der Waals surface area contributed by atoms with Gasteiger partial charge in [0.25, 0.3) is 5.91 Å². The van der Waals surface area contributed by atoms with Gasteiger partial charge in [0.2, 0.25) is 11.8 Å². The minimum Gasteiger partial charge on any atom is -0.494 e. The number of hydrogen-bond acceptors (Lipinski definition) is 5. The zero-order valence-corrected chi connectivity index (χ0v) is 20.3. The number of hydrogen-bond donors (Lipinski definition) is 2. The van der Waals surface area contributed by atoms with Gasteiger partial charge >= 0.3 is 5.97 Å². The molecule has 0 aromatic heterocycles. The topological polar surface area (TPSA) is 116 Å². The van der Waals surface area contributed by atoms with E-state index in [4.69, 9.17) is 9.84 Å². The van der Waals surface area contributed by atoms with Crippen LogP contribution in [0.25, 0.3) is 0 Å². The maximum absolute atomic E-state index is 13.0. The SMILES string of the molecule is CC(=O)NC(CCOc1ccc(C(=O)N2CCC(N3C(=O)CCc4ccccc43)CC2)cc1)C(=O)O. The van der Waals surface area contributed by atoms with E-state index in [0.717, 1.165) is 24.9 Å². The molecule has 0 radical (unpaired) electrons. The van der Waals surface area contributed by atoms with Gasteiger partial charge in [-0.25, -0.2) is 4.79 Å². The van der Waals surface area contributed by atoms with Crippen molar-refractivity contribution >= 4 is 29.4 Å². The van der Waals surface area contributed by atoms with Crippen LogP contribution in [0.3, 0.4) is 0 Å². The molecule has 190 valence electrons. The molecule has 0 aliphatic carbocycles. The van der Waals surface area contributed by atoms with Gasteiger partial charge in [0.15, 0.2) is 0 Å². The van der Waals surface area contributed by atoms with Crippen LogP contribution in [-0.2, 0) is 20.8 Å². The summed E-state index contributed by atoms with van der Waals surface area (Å²) in [5, 5.41) is 11.5. The number of fused-ring (bicyclic) bond motifs is 1. The fourth-order valence-corrected chi connectivity index (χ4v) is 4.85. The number of aryl methyl sites for hydroxylation is 1. The summed E-state index contributed by atoms with van der Waals surface area (Å²) in [4.78, 5) is 51.8. The van der Waals surface area contributed by atoms with Crippen LogP contribution in [-0.4, -0.2) is 65.5 Å². The van der Waals surface area contributed by atoms with Gasteiger partial charge in [0.05, 0.1) is 6.61 Å². The number of carbonyl (C=O) groups excluding carboxylic acids is 3. The largest absolute Gasteiger partial charge is 0.494 e. The molecule has 1 atom stereocenters. The molecule has 4 rings (SSSR count). The zero-order valence-electron chi connectivity index (χ0n) is 20.3. The van der Waals surface area contributed by atoms with Crippen LogP contribution in [0.4, 0.5) is 5.69 Å². The highest BCUT2D eigenvalue weighted by Crippen LogP contribution is 2.32. The molecule has 0 bridgehead atoms. The highest BCUT2D eigenvalue weighted by Gasteiger charge is 2.33. The lowest BCUT2D eigenvalue weighted by Gasteiger charge is -2.41. The van der Waals surface area contributed by atoms with Crippen molar-refractivity contribution in [2.75, 3.05) is 24.6 Å². The normalized spacial score (nSPS) is 16.8. The quantitative estimate of drug-likeness (QED) is 0.584. The number of carboxylic acid groups (broad SMARTS) is 1. The predicted molar refractivity (Wildman–Crippen MR) is 133 cm³/mol. The lowest BCUT2D eigenvalue weighted by atomic mass is 9.95. The first-order chi connectivity index (χ1) is 17.3. The van der Waals surface area contributed by atoms with Gasteiger partial charge in [-0.05, 0) is 55.2 Å². The minimum atomic E-state index is -1.12. The van der Waals surface area contributed by atoms with Gasteiger partial charge in [-0.1, -0.05) is 18.2 Å². The molecule has 1 fully saturated rings. The van der Waals surface area contributed by atoms with E-state index in [1.54, 1.807) is 24.3 Å². The molecule has 9 nitrogen and oxygen atoms in total. The van der Waals surface area contributed by atoms with Crippen LogP contribution in [0, 0.1) is 0 Å². The van der Waals surface area contributed by atoms with E-state index in [0.29, 0.717) is 30.8 Å². The molecule has 0 saturated carbocycles. The number of para-hydroxylation sites is 1. The summed E-state index contributed by atoms with van der Waals surface area (Å²) < 4.78 is 5.59. The molecule has 36 heavy (non-hydrogen) atoms. The first-order valence-corrected chi connectivity index (χ1v) is 12.3. The van der Waals surface area contributed by atoms with E-state index in [9.17, 15) is 19.2 Å². The van der Waals surface area contributed by atoms with Gasteiger partial charge in [0, 0.05) is 50.1 Å². The van der Waals surface area contributed by atoms with Crippen LogP contribution in [0.1, 0.15) is 48.5 Å². The standard InChI is InChI=1S/C27H31N3O6/c1-18(31)28-23(27(34)35)14-17-36-22-9-6-20(7-10-22)26(33)29-15-12-21(13-16-29)30-24-5-3-2-4-19(24)8-11-25(30)32/h2-7,9-10,21,23H,8,11-17H2,1H3,(H,28,31)(H,34,35). The third-order valence-corrected chi connectivity index (χ3v) is 6.70. The third kappa shape index (κ3) is 5.84. The minimum absolute atomic E-state index is 0.0676. The van der Waals surface area contributed by atoms with Gasteiger partial charge in [0.1, 0.15) is 11.8 Å². The van der Waals surface area contributed by atoms with Crippen LogP contribution < -0.4 is 15.0 Å². The van der Waals surface area contributed by atoms with Crippen LogP contribution in [0.15, 0.2) is 48.5 Å². The number of carboxylic acids is 1. The van der Waals surface area contributed by atoms with Crippen LogP contribution >= 0.6 is 0 Å². The zero-order chi connectivity index (χ0) is 25.7. The Hall–Kier alpha value is -3.88. The number of nitrogens with one attached hydrogen (secondary N) is 1. The van der Waals surface area contributed by atoms with Crippen molar-refractivity contribution in [1.29, 1.82) is 0 Å². The number of aliphatic carboxylic acids is 1. The van der Waals surface area contributed by atoms with Crippen molar-refractivity contribution in [3.63, 3.8) is 0 Å². The Bertz CT molecular complexity index is 1120. The molecule has 2 heterocycles. The van der Waals surface area contributed by atoms with Crippen molar-refractivity contribution in [3.8, 4) is 5.75 Å². The fourth-order valence-electron chi connectivity index (χ4n) is 4.85. The third-order valence-electron chi connectivity index (χ3n) is 6.70. The Morgan fingerprint density at radius 2 is 1.75 bits per heavy atom. The first-order valence-electron chi connectivity index (χ1n) is 12.3. The molecule has 2 aliphatic rings. The van der Waals surface area contributed by atoms with Gasteiger partial charge in [-0.15, -0.1) is 0 Å². The maximum atomic E-state index is 13.0. The average Bonchev–Trinajstić information content (AvgIpc) is 2.88. The van der Waals surface area contributed by atoms with E-state index in [1.165, 1.54) is 12.5 Å². The van der Waals surface area contributed by atoms with Crippen molar-refractivity contribution in [2.24, 2.45) is 0 Å². The number of amides is 3.